The molecular formula is C20H19N5O. The summed E-state index contributed by atoms with van der Waals surface area (Å²) in [6.45, 7) is 3.93. The van der Waals surface area contributed by atoms with Crippen LogP contribution < -0.4 is 5.32 Å². The van der Waals surface area contributed by atoms with Crippen LogP contribution in [-0.4, -0.2) is 25.7 Å². The lowest BCUT2D eigenvalue weighted by molar-refractivity contribution is -0.115. The highest BCUT2D eigenvalue weighted by Crippen LogP contribution is 2.19. The van der Waals surface area contributed by atoms with E-state index in [9.17, 15) is 4.79 Å². The molecule has 0 radical (unpaired) electrons. The molecule has 0 atom stereocenters. The van der Waals surface area contributed by atoms with E-state index in [1.54, 1.807) is 10.9 Å². The average molecular weight is 345 g/mol. The van der Waals surface area contributed by atoms with Gasteiger partial charge in [-0.1, -0.05) is 18.2 Å². The van der Waals surface area contributed by atoms with Gasteiger partial charge in [-0.3, -0.25) is 4.79 Å². The molecule has 0 aliphatic heterocycles. The Labute approximate surface area is 150 Å². The summed E-state index contributed by atoms with van der Waals surface area (Å²) in [6.07, 6.45) is 3.84. The minimum atomic E-state index is -0.0737. The van der Waals surface area contributed by atoms with Crippen molar-refractivity contribution in [2.24, 2.45) is 0 Å². The topological polar surface area (TPSA) is 75.6 Å². The van der Waals surface area contributed by atoms with Gasteiger partial charge in [-0.05, 0) is 43.7 Å². The molecule has 6 nitrogen and oxygen atoms in total. The second-order valence-electron chi connectivity index (χ2n) is 6.33. The molecule has 0 fully saturated rings. The monoisotopic (exact) mass is 345 g/mol. The predicted molar refractivity (Wildman–Crippen MR) is 101 cm³/mol. The molecule has 1 amide bonds. The molecule has 0 spiro atoms. The zero-order valence-corrected chi connectivity index (χ0v) is 14.7. The van der Waals surface area contributed by atoms with Crippen LogP contribution in [0.3, 0.4) is 0 Å². The molecule has 6 heteroatoms. The Bertz CT molecular complexity index is 1080. The van der Waals surface area contributed by atoms with Gasteiger partial charge in [-0.2, -0.15) is 5.10 Å². The molecule has 4 rings (SSSR count). The Kier molecular flexibility index (Phi) is 4.01. The van der Waals surface area contributed by atoms with E-state index in [2.05, 4.69) is 20.4 Å². The van der Waals surface area contributed by atoms with Crippen molar-refractivity contribution in [3.63, 3.8) is 0 Å². The van der Waals surface area contributed by atoms with Crippen molar-refractivity contribution in [2.45, 2.75) is 20.3 Å². The molecule has 0 saturated heterocycles. The number of hydrogen-bond acceptors (Lipinski definition) is 3. The van der Waals surface area contributed by atoms with Crippen LogP contribution >= 0.6 is 0 Å². The zero-order chi connectivity index (χ0) is 18.1. The van der Waals surface area contributed by atoms with Gasteiger partial charge in [0.25, 0.3) is 0 Å². The normalized spacial score (nSPS) is 11.0. The second-order valence-corrected chi connectivity index (χ2v) is 6.33. The third-order valence-electron chi connectivity index (χ3n) is 4.28. The number of hydrogen-bond donors (Lipinski definition) is 2. The predicted octanol–water partition coefficient (Wildman–Crippen LogP) is 3.55. The van der Waals surface area contributed by atoms with E-state index in [0.717, 1.165) is 33.7 Å². The van der Waals surface area contributed by atoms with Gasteiger partial charge >= 0.3 is 0 Å². The number of fused-ring (bicyclic) bond motifs is 1. The Morgan fingerprint density at radius 3 is 2.77 bits per heavy atom. The lowest BCUT2D eigenvalue weighted by Crippen LogP contribution is -2.14. The van der Waals surface area contributed by atoms with Gasteiger partial charge in [0.2, 0.25) is 5.91 Å². The molecule has 130 valence electrons. The number of aromatic nitrogens is 4. The van der Waals surface area contributed by atoms with E-state index >= 15 is 0 Å². The number of carbonyl (C=O) groups excluding carboxylic acids is 1. The summed E-state index contributed by atoms with van der Waals surface area (Å²) in [5.41, 5.74) is 4.64. The number of aryl methyl sites for hydroxylation is 2. The van der Waals surface area contributed by atoms with Gasteiger partial charge in [0, 0.05) is 22.8 Å². The molecule has 0 saturated carbocycles. The summed E-state index contributed by atoms with van der Waals surface area (Å²) in [6, 6.07) is 13.6. The van der Waals surface area contributed by atoms with Gasteiger partial charge in [0.1, 0.15) is 0 Å². The first-order valence-corrected chi connectivity index (χ1v) is 8.45. The SMILES string of the molecule is Cc1cc(C)n(-c2ccc(NC(=O)Cc3c[nH]c4ccccc34)cn2)n1. The van der Waals surface area contributed by atoms with Crippen LogP contribution in [0.25, 0.3) is 16.7 Å². The van der Waals surface area contributed by atoms with E-state index in [-0.39, 0.29) is 5.91 Å². The summed E-state index contributed by atoms with van der Waals surface area (Å²) >= 11 is 0. The number of H-pyrrole nitrogens is 1. The molecule has 0 aliphatic carbocycles. The fraction of sp³-hybridized carbons (Fsp3) is 0.150. The number of anilines is 1. The number of para-hydroxylation sites is 1. The van der Waals surface area contributed by atoms with E-state index in [1.165, 1.54) is 0 Å². The van der Waals surface area contributed by atoms with E-state index in [1.807, 2.05) is 62.5 Å². The Morgan fingerprint density at radius 2 is 2.04 bits per heavy atom. The highest BCUT2D eigenvalue weighted by atomic mass is 16.1. The summed E-state index contributed by atoms with van der Waals surface area (Å²) in [5, 5.41) is 8.38. The highest BCUT2D eigenvalue weighted by molar-refractivity contribution is 5.95. The fourth-order valence-electron chi connectivity index (χ4n) is 3.10. The first-order valence-electron chi connectivity index (χ1n) is 8.45. The molecule has 0 unspecified atom stereocenters. The van der Waals surface area contributed by atoms with E-state index < -0.39 is 0 Å². The fourth-order valence-corrected chi connectivity index (χ4v) is 3.10. The lowest BCUT2D eigenvalue weighted by atomic mass is 10.1. The van der Waals surface area contributed by atoms with Gasteiger partial charge in [-0.15, -0.1) is 0 Å². The molecule has 4 aromatic rings. The van der Waals surface area contributed by atoms with Crippen molar-refractivity contribution in [3.8, 4) is 5.82 Å². The number of rotatable bonds is 4. The van der Waals surface area contributed by atoms with E-state index in [0.29, 0.717) is 12.1 Å². The number of pyridine rings is 1. The van der Waals surface area contributed by atoms with Crippen molar-refractivity contribution >= 4 is 22.5 Å². The standard InChI is InChI=1S/C20H19N5O/c1-13-9-14(2)25(24-13)19-8-7-16(12-22-19)23-20(26)10-15-11-21-18-6-4-3-5-17(15)18/h3-9,11-12,21H,10H2,1-2H3,(H,23,26). The van der Waals surface area contributed by atoms with Crippen molar-refractivity contribution in [1.82, 2.24) is 19.7 Å². The Hall–Kier alpha value is -3.41. The van der Waals surface area contributed by atoms with Crippen LogP contribution in [-0.2, 0) is 11.2 Å². The lowest BCUT2D eigenvalue weighted by Gasteiger charge is -2.07. The zero-order valence-electron chi connectivity index (χ0n) is 14.7. The maximum Gasteiger partial charge on any atom is 0.228 e. The van der Waals surface area contributed by atoms with Crippen molar-refractivity contribution in [2.75, 3.05) is 5.32 Å². The van der Waals surface area contributed by atoms with Crippen LogP contribution in [0.5, 0.6) is 0 Å². The van der Waals surface area contributed by atoms with Crippen LogP contribution in [0.15, 0.2) is 54.9 Å². The third kappa shape index (κ3) is 3.09. The van der Waals surface area contributed by atoms with Gasteiger partial charge in [0.05, 0.1) is 24.0 Å². The van der Waals surface area contributed by atoms with Crippen LogP contribution in [0.4, 0.5) is 5.69 Å². The molecule has 0 bridgehead atoms. The number of amides is 1. The van der Waals surface area contributed by atoms with Crippen molar-refractivity contribution in [3.05, 3.63) is 71.8 Å². The van der Waals surface area contributed by atoms with Gasteiger partial charge in [-0.25, -0.2) is 9.67 Å². The second kappa shape index (κ2) is 6.48. The van der Waals surface area contributed by atoms with Gasteiger partial charge < -0.3 is 10.3 Å². The molecule has 0 aliphatic rings. The number of nitrogens with zero attached hydrogens (tertiary/aromatic N) is 3. The van der Waals surface area contributed by atoms with Crippen LogP contribution in [0, 0.1) is 13.8 Å². The van der Waals surface area contributed by atoms with Crippen LogP contribution in [0.2, 0.25) is 0 Å². The largest absolute Gasteiger partial charge is 0.361 e. The summed E-state index contributed by atoms with van der Waals surface area (Å²) < 4.78 is 1.78. The number of aromatic amines is 1. The average Bonchev–Trinajstić information content (AvgIpc) is 3.18. The van der Waals surface area contributed by atoms with Gasteiger partial charge in [0.15, 0.2) is 5.82 Å². The summed E-state index contributed by atoms with van der Waals surface area (Å²) in [7, 11) is 0. The minimum Gasteiger partial charge on any atom is -0.361 e. The molecule has 2 N–H and O–H groups in total. The quantitative estimate of drug-likeness (QED) is 0.594. The maximum atomic E-state index is 12.4. The number of carbonyl (C=O) groups is 1. The van der Waals surface area contributed by atoms with Crippen molar-refractivity contribution in [1.29, 1.82) is 0 Å². The molecule has 3 heterocycles. The highest BCUT2D eigenvalue weighted by Gasteiger charge is 2.10. The molecule has 1 aromatic carbocycles. The molecular weight excluding hydrogens is 326 g/mol. The third-order valence-corrected chi connectivity index (χ3v) is 4.28. The van der Waals surface area contributed by atoms with Crippen molar-refractivity contribution < 1.29 is 4.79 Å². The Morgan fingerprint density at radius 1 is 1.19 bits per heavy atom. The first kappa shape index (κ1) is 16.1. The smallest absolute Gasteiger partial charge is 0.228 e. The molecule has 26 heavy (non-hydrogen) atoms. The maximum absolute atomic E-state index is 12.4. The van der Waals surface area contributed by atoms with Crippen LogP contribution in [0.1, 0.15) is 17.0 Å². The number of benzene rings is 1. The van der Waals surface area contributed by atoms with E-state index in [4.69, 9.17) is 0 Å². The number of nitrogens with one attached hydrogen (secondary N) is 2. The minimum absolute atomic E-state index is 0.0737. The first-order chi connectivity index (χ1) is 12.6. The summed E-state index contributed by atoms with van der Waals surface area (Å²) in [4.78, 5) is 20.0. The summed E-state index contributed by atoms with van der Waals surface area (Å²) in [5.74, 6) is 0.653. The Balaban J connectivity index is 1.47. The molecule has 3 aromatic heterocycles.